The molecular weight excluding hydrogens is 473 g/mol. The van der Waals surface area contributed by atoms with Crippen molar-refractivity contribution in [3.8, 4) is 0 Å². The number of aryl methyl sites for hydroxylation is 1. The molecule has 1 fully saturated rings. The molecule has 1 saturated heterocycles. The van der Waals surface area contributed by atoms with Gasteiger partial charge in [0.2, 0.25) is 0 Å². The molecule has 2 heterocycles. The number of likely N-dealkylation sites (tertiary alicyclic amines) is 1. The molecule has 1 aromatic heterocycles. The van der Waals surface area contributed by atoms with Crippen LogP contribution in [0.4, 0.5) is 24.7 Å². The number of carboxylic acid groups (broad SMARTS) is 1. The highest BCUT2D eigenvalue weighted by molar-refractivity contribution is 6.04. The smallest absolute Gasteiger partial charge is 0.475 e. The van der Waals surface area contributed by atoms with E-state index in [0.717, 1.165) is 48.9 Å². The Morgan fingerprint density at radius 1 is 1.22 bits per heavy atom. The number of nitrogens with zero attached hydrogens (tertiary/aromatic N) is 3. The highest BCUT2D eigenvalue weighted by atomic mass is 19.4. The number of carbonyl (C=O) groups excluding carboxylic acids is 1. The number of nitrogens with one attached hydrogen (secondary N) is 1. The molecule has 0 aliphatic carbocycles. The van der Waals surface area contributed by atoms with Crippen molar-refractivity contribution >= 4 is 23.4 Å². The molecule has 3 rings (SSSR count). The van der Waals surface area contributed by atoms with E-state index in [2.05, 4.69) is 41.0 Å². The summed E-state index contributed by atoms with van der Waals surface area (Å²) in [5.74, 6) is -1.17. The van der Waals surface area contributed by atoms with E-state index in [9.17, 15) is 18.0 Å². The number of alkyl halides is 3. The number of carbonyl (C=O) groups is 2. The lowest BCUT2D eigenvalue weighted by Gasteiger charge is -2.38. The quantitative estimate of drug-likeness (QED) is 0.533. The summed E-state index contributed by atoms with van der Waals surface area (Å²) < 4.78 is 31.7. The normalized spacial score (nSPS) is 15.4. The second-order valence-corrected chi connectivity index (χ2v) is 9.19. The van der Waals surface area contributed by atoms with E-state index < -0.39 is 12.1 Å². The summed E-state index contributed by atoms with van der Waals surface area (Å²) in [6.45, 7) is 10.1. The molecule has 1 aromatic carbocycles. The lowest BCUT2D eigenvalue weighted by atomic mass is 10.0. The number of hydrogen-bond donors (Lipinski definition) is 2. The maximum absolute atomic E-state index is 12.5. The number of halogens is 3. The Morgan fingerprint density at radius 3 is 2.42 bits per heavy atom. The van der Waals surface area contributed by atoms with E-state index >= 15 is 0 Å². The third-order valence-electron chi connectivity index (χ3n) is 6.26. The van der Waals surface area contributed by atoms with Gasteiger partial charge in [0.25, 0.3) is 5.91 Å². The predicted octanol–water partition coefficient (Wildman–Crippen LogP) is 5.22. The van der Waals surface area contributed by atoms with Crippen molar-refractivity contribution in [2.24, 2.45) is 5.92 Å². The Kier molecular flexibility index (Phi) is 10.7. The SMILES string of the molecule is CCC(C)CN1CCC(N(C)c2cc(NC(=O)c3cccc(C)c3)ccn2)CC1.O=C(O)C(F)(F)F. The van der Waals surface area contributed by atoms with Gasteiger partial charge in [0.1, 0.15) is 5.82 Å². The number of carboxylic acids is 1. The summed E-state index contributed by atoms with van der Waals surface area (Å²) in [4.78, 5) is 30.8. The van der Waals surface area contributed by atoms with Crippen LogP contribution in [0.2, 0.25) is 0 Å². The van der Waals surface area contributed by atoms with Gasteiger partial charge in [0.05, 0.1) is 0 Å². The van der Waals surface area contributed by atoms with E-state index in [0.29, 0.717) is 11.6 Å². The third-order valence-corrected chi connectivity index (χ3v) is 6.26. The Hall–Kier alpha value is -3.14. The fourth-order valence-corrected chi connectivity index (χ4v) is 3.92. The second-order valence-electron chi connectivity index (χ2n) is 9.19. The van der Waals surface area contributed by atoms with E-state index in [1.165, 1.54) is 13.0 Å². The first-order chi connectivity index (χ1) is 16.9. The van der Waals surface area contributed by atoms with Crippen molar-refractivity contribution in [2.45, 2.75) is 52.3 Å². The average Bonchev–Trinajstić information content (AvgIpc) is 2.84. The summed E-state index contributed by atoms with van der Waals surface area (Å²) in [5, 5.41) is 10.1. The van der Waals surface area contributed by atoms with Gasteiger partial charge in [0.15, 0.2) is 0 Å². The first kappa shape index (κ1) is 29.1. The minimum atomic E-state index is -5.08. The lowest BCUT2D eigenvalue weighted by molar-refractivity contribution is -0.192. The number of hydrogen-bond acceptors (Lipinski definition) is 5. The number of aromatic nitrogens is 1. The summed E-state index contributed by atoms with van der Waals surface area (Å²) in [5.41, 5.74) is 2.53. The Labute approximate surface area is 210 Å². The Bertz CT molecular complexity index is 1010. The van der Waals surface area contributed by atoms with Gasteiger partial charge in [-0.1, -0.05) is 38.0 Å². The van der Waals surface area contributed by atoms with Crippen molar-refractivity contribution < 1.29 is 27.9 Å². The molecule has 0 saturated carbocycles. The molecule has 1 unspecified atom stereocenters. The van der Waals surface area contributed by atoms with Gasteiger partial charge in [-0.15, -0.1) is 0 Å². The molecule has 2 N–H and O–H groups in total. The van der Waals surface area contributed by atoms with Crippen LogP contribution in [0.5, 0.6) is 0 Å². The third kappa shape index (κ3) is 9.14. The van der Waals surface area contributed by atoms with E-state index in [-0.39, 0.29) is 5.91 Å². The van der Waals surface area contributed by atoms with Crippen LogP contribution < -0.4 is 10.2 Å². The van der Waals surface area contributed by atoms with E-state index in [1.54, 1.807) is 6.20 Å². The van der Waals surface area contributed by atoms with Crippen molar-refractivity contribution in [3.63, 3.8) is 0 Å². The van der Waals surface area contributed by atoms with Gasteiger partial charge in [-0.3, -0.25) is 4.79 Å². The molecule has 1 aliphatic rings. The van der Waals surface area contributed by atoms with Crippen molar-refractivity contribution in [1.82, 2.24) is 9.88 Å². The molecule has 36 heavy (non-hydrogen) atoms. The number of benzene rings is 1. The first-order valence-electron chi connectivity index (χ1n) is 12.0. The summed E-state index contributed by atoms with van der Waals surface area (Å²) >= 11 is 0. The number of piperidine rings is 1. The molecule has 0 radical (unpaired) electrons. The van der Waals surface area contributed by atoms with Crippen LogP contribution in [0, 0.1) is 12.8 Å². The fraction of sp³-hybridized carbons (Fsp3) is 0.500. The maximum atomic E-state index is 12.5. The lowest BCUT2D eigenvalue weighted by Crippen LogP contribution is -2.44. The second kappa shape index (κ2) is 13.2. The van der Waals surface area contributed by atoms with Gasteiger partial charge >= 0.3 is 12.1 Å². The van der Waals surface area contributed by atoms with E-state index in [4.69, 9.17) is 9.90 Å². The summed E-state index contributed by atoms with van der Waals surface area (Å²) in [6.07, 6.45) is 0.226. The van der Waals surface area contributed by atoms with Crippen LogP contribution in [-0.4, -0.2) is 65.8 Å². The minimum Gasteiger partial charge on any atom is -0.475 e. The van der Waals surface area contributed by atoms with Crippen LogP contribution >= 0.6 is 0 Å². The minimum absolute atomic E-state index is 0.0909. The zero-order valence-electron chi connectivity index (χ0n) is 21.2. The number of amides is 1. The van der Waals surface area contributed by atoms with Crippen LogP contribution in [0.3, 0.4) is 0 Å². The zero-order chi connectivity index (χ0) is 26.9. The summed E-state index contributed by atoms with van der Waals surface area (Å²) in [6, 6.07) is 11.9. The molecule has 1 amide bonds. The number of anilines is 2. The first-order valence-corrected chi connectivity index (χ1v) is 12.0. The van der Waals surface area contributed by atoms with Crippen LogP contribution in [0.1, 0.15) is 49.0 Å². The summed E-state index contributed by atoms with van der Waals surface area (Å²) in [7, 11) is 2.11. The zero-order valence-corrected chi connectivity index (χ0v) is 21.2. The molecule has 10 heteroatoms. The van der Waals surface area contributed by atoms with Crippen LogP contribution in [0.15, 0.2) is 42.6 Å². The molecule has 1 aliphatic heterocycles. The topological polar surface area (TPSA) is 85.8 Å². The highest BCUT2D eigenvalue weighted by Gasteiger charge is 2.38. The standard InChI is InChI=1S/C24H34N4O.C2HF3O2/c1-5-18(2)17-28-13-10-22(11-14-28)27(4)23-16-21(9-12-25-23)26-24(29)20-8-6-7-19(3)15-20;3-2(4,5)1(6)7/h6-9,12,15-16,18,22H,5,10-11,13-14,17H2,1-4H3,(H,25,26,29);(H,6,7). The van der Waals surface area contributed by atoms with Gasteiger partial charge in [-0.2, -0.15) is 13.2 Å². The predicted molar refractivity (Wildman–Crippen MR) is 134 cm³/mol. The van der Waals surface area contributed by atoms with Gasteiger partial charge in [0, 0.05) is 56.2 Å². The maximum Gasteiger partial charge on any atom is 0.490 e. The van der Waals surface area contributed by atoms with Crippen LogP contribution in [-0.2, 0) is 4.79 Å². The average molecular weight is 509 g/mol. The van der Waals surface area contributed by atoms with Crippen molar-refractivity contribution in [2.75, 3.05) is 36.9 Å². The van der Waals surface area contributed by atoms with Gasteiger partial charge < -0.3 is 20.2 Å². The number of rotatable bonds is 7. The number of pyridine rings is 1. The Morgan fingerprint density at radius 2 is 1.86 bits per heavy atom. The molecule has 7 nitrogen and oxygen atoms in total. The highest BCUT2D eigenvalue weighted by Crippen LogP contribution is 2.24. The molecule has 198 valence electrons. The fourth-order valence-electron chi connectivity index (χ4n) is 3.92. The van der Waals surface area contributed by atoms with Crippen molar-refractivity contribution in [1.29, 1.82) is 0 Å². The van der Waals surface area contributed by atoms with Gasteiger partial charge in [-0.05, 0) is 43.9 Å². The molecule has 1 atom stereocenters. The monoisotopic (exact) mass is 508 g/mol. The van der Waals surface area contributed by atoms with E-state index in [1.807, 2.05) is 43.3 Å². The molecule has 0 spiro atoms. The largest absolute Gasteiger partial charge is 0.490 e. The molecule has 0 bridgehead atoms. The number of aliphatic carboxylic acids is 1. The molecule has 2 aromatic rings. The Balaban J connectivity index is 0.000000572. The van der Waals surface area contributed by atoms with Crippen LogP contribution in [0.25, 0.3) is 0 Å². The van der Waals surface area contributed by atoms with Gasteiger partial charge in [-0.25, -0.2) is 9.78 Å². The molecular formula is C26H35F3N4O3. The van der Waals surface area contributed by atoms with Crippen molar-refractivity contribution in [3.05, 3.63) is 53.7 Å².